The summed E-state index contributed by atoms with van der Waals surface area (Å²) in [5.74, 6) is -2.54. The Hall–Kier alpha value is -3.73. The molecule has 1 saturated carbocycles. The predicted octanol–water partition coefficient (Wildman–Crippen LogP) is 2.87. The topological polar surface area (TPSA) is 128 Å². The minimum absolute atomic E-state index is 0.179. The summed E-state index contributed by atoms with van der Waals surface area (Å²) in [5.41, 5.74) is 5.07. The summed E-state index contributed by atoms with van der Waals surface area (Å²) >= 11 is 0. The number of amides is 1. The Balaban J connectivity index is 1.57. The summed E-state index contributed by atoms with van der Waals surface area (Å²) in [6, 6.07) is 5.18. The number of nitrogens with one attached hydrogen (secondary N) is 2. The number of nitrogen functional groups attached to an aromatic ring is 1. The molecule has 1 aliphatic carbocycles. The number of halogens is 2. The maximum absolute atomic E-state index is 15.7. The normalized spacial score (nSPS) is 21.1. The van der Waals surface area contributed by atoms with Crippen molar-refractivity contribution in [1.82, 2.24) is 30.6 Å². The van der Waals surface area contributed by atoms with E-state index in [0.717, 1.165) is 31.9 Å². The third kappa shape index (κ3) is 4.51. The lowest BCUT2D eigenvalue weighted by Crippen LogP contribution is -2.64. The van der Waals surface area contributed by atoms with Gasteiger partial charge >= 0.3 is 0 Å². The van der Waals surface area contributed by atoms with Gasteiger partial charge in [-0.05, 0) is 44.7 Å². The van der Waals surface area contributed by atoms with E-state index in [2.05, 4.69) is 30.6 Å². The predicted molar refractivity (Wildman–Crippen MR) is 124 cm³/mol. The lowest BCUT2D eigenvalue weighted by atomic mass is 9.75. The van der Waals surface area contributed by atoms with Crippen LogP contribution in [0.5, 0.6) is 5.88 Å². The van der Waals surface area contributed by atoms with Crippen LogP contribution >= 0.6 is 0 Å². The van der Waals surface area contributed by atoms with Crippen molar-refractivity contribution in [2.75, 3.05) is 18.9 Å². The van der Waals surface area contributed by atoms with E-state index in [4.69, 9.17) is 10.5 Å². The van der Waals surface area contributed by atoms with Gasteiger partial charge in [0.1, 0.15) is 11.4 Å². The highest BCUT2D eigenvalue weighted by Crippen LogP contribution is 2.34. The first-order valence-electron chi connectivity index (χ1n) is 11.5. The molecule has 3 fully saturated rings. The van der Waals surface area contributed by atoms with Crippen LogP contribution in [0.3, 0.4) is 0 Å². The number of rotatable bonds is 6. The molecule has 0 radical (unpaired) electrons. The van der Waals surface area contributed by atoms with E-state index in [1.165, 1.54) is 12.3 Å². The number of hydrogen-bond donors (Lipinski definition) is 3. The van der Waals surface area contributed by atoms with E-state index in [-0.39, 0.29) is 22.6 Å². The second-order valence-electron chi connectivity index (χ2n) is 8.86. The maximum Gasteiger partial charge on any atom is 0.256 e. The molecule has 3 aromatic heterocycles. The molecule has 5 heterocycles. The summed E-state index contributed by atoms with van der Waals surface area (Å²) in [7, 11) is 0. The Morgan fingerprint density at radius 1 is 1.20 bits per heavy atom. The van der Waals surface area contributed by atoms with Crippen molar-refractivity contribution < 1.29 is 18.3 Å². The van der Waals surface area contributed by atoms with Gasteiger partial charge < -0.3 is 21.1 Å². The second kappa shape index (κ2) is 9.14. The van der Waals surface area contributed by atoms with E-state index in [1.807, 2.05) is 6.92 Å². The molecule has 9 nitrogen and oxygen atoms in total. The van der Waals surface area contributed by atoms with E-state index in [0.29, 0.717) is 30.6 Å². The molecule has 2 aliphatic heterocycles. The molecule has 11 heteroatoms. The first-order valence-corrected chi connectivity index (χ1v) is 11.5. The van der Waals surface area contributed by atoms with Crippen LogP contribution in [-0.2, 0) is 0 Å². The Labute approximate surface area is 200 Å². The molecule has 4 N–H and O–H groups in total. The third-order valence-electron chi connectivity index (χ3n) is 6.58. The molecular formula is C24H25F2N7O2. The van der Waals surface area contributed by atoms with Crippen molar-refractivity contribution in [2.24, 2.45) is 0 Å². The van der Waals surface area contributed by atoms with Crippen LogP contribution < -0.4 is 21.1 Å². The minimum atomic E-state index is -1.05. The molecule has 2 saturated heterocycles. The molecule has 0 spiro atoms. The van der Waals surface area contributed by atoms with Crippen LogP contribution in [-0.4, -0.2) is 50.6 Å². The summed E-state index contributed by atoms with van der Waals surface area (Å²) < 4.78 is 35.1. The van der Waals surface area contributed by atoms with Crippen molar-refractivity contribution in [3.8, 4) is 28.5 Å². The monoisotopic (exact) mass is 481 g/mol. The van der Waals surface area contributed by atoms with Gasteiger partial charge in [-0.1, -0.05) is 0 Å². The smallest absolute Gasteiger partial charge is 0.256 e. The lowest BCUT2D eigenvalue weighted by Gasteiger charge is -2.47. The Bertz CT molecular complexity index is 1250. The molecule has 3 aliphatic rings. The minimum Gasteiger partial charge on any atom is -0.478 e. The molecule has 1 amide bonds. The van der Waals surface area contributed by atoms with Gasteiger partial charge in [-0.25, -0.2) is 24.3 Å². The number of pyridine rings is 2. The Kier molecular flexibility index (Phi) is 6.01. The summed E-state index contributed by atoms with van der Waals surface area (Å²) in [6.07, 6.45) is 6.18. The number of hydrogen-bond acceptors (Lipinski definition) is 8. The van der Waals surface area contributed by atoms with Crippen LogP contribution in [0.15, 0.2) is 30.6 Å². The molecule has 0 atom stereocenters. The number of carbonyl (C=O) groups is 1. The molecule has 3 aromatic rings. The van der Waals surface area contributed by atoms with Gasteiger partial charge in [0.15, 0.2) is 11.6 Å². The third-order valence-corrected chi connectivity index (χ3v) is 6.58. The fraction of sp³-hybridized carbons (Fsp3) is 0.375. The number of piperidine rings is 2. The zero-order valence-corrected chi connectivity index (χ0v) is 19.1. The van der Waals surface area contributed by atoms with Gasteiger partial charge in [0.05, 0.1) is 29.6 Å². The zero-order valence-electron chi connectivity index (χ0n) is 19.1. The Morgan fingerprint density at radius 2 is 2.00 bits per heavy atom. The lowest BCUT2D eigenvalue weighted by molar-refractivity contribution is 0.0784. The Morgan fingerprint density at radius 3 is 2.63 bits per heavy atom. The molecule has 35 heavy (non-hydrogen) atoms. The van der Waals surface area contributed by atoms with Crippen LogP contribution in [0.4, 0.5) is 14.6 Å². The highest BCUT2D eigenvalue weighted by Gasteiger charge is 2.41. The fourth-order valence-corrected chi connectivity index (χ4v) is 4.64. The molecule has 0 unspecified atom stereocenters. The number of fused-ring (bicyclic) bond motifs is 3. The van der Waals surface area contributed by atoms with E-state index >= 15 is 4.39 Å². The average Bonchev–Trinajstić information content (AvgIpc) is 2.87. The fourth-order valence-electron chi connectivity index (χ4n) is 4.64. The van der Waals surface area contributed by atoms with Gasteiger partial charge in [-0.15, -0.1) is 0 Å². The number of ether oxygens (including phenoxy) is 1. The first-order chi connectivity index (χ1) is 16.9. The standard InChI is InChI=1S/C24H25F2N7O2/c1-2-35-18-4-3-13(10-28-18)16-9-15(23(34)33-24-7-5-14(6-8-24)30-12-24)19(25)20(31-16)17-11-29-22(27)21(26)32-17/h3-4,9-11,14,30H,2,5-8,12H2,1H3,(H2,27,29)(H,33,34). The molecule has 0 aromatic carbocycles. The van der Waals surface area contributed by atoms with Crippen molar-refractivity contribution in [3.63, 3.8) is 0 Å². The highest BCUT2D eigenvalue weighted by molar-refractivity contribution is 5.97. The van der Waals surface area contributed by atoms with Gasteiger partial charge in [-0.2, -0.15) is 4.39 Å². The second-order valence-corrected chi connectivity index (χ2v) is 8.86. The first kappa shape index (κ1) is 23.0. The average molecular weight is 482 g/mol. The van der Waals surface area contributed by atoms with Crippen LogP contribution in [0, 0.1) is 11.8 Å². The van der Waals surface area contributed by atoms with Gasteiger partial charge in [0, 0.05) is 30.4 Å². The van der Waals surface area contributed by atoms with Gasteiger partial charge in [-0.3, -0.25) is 4.79 Å². The zero-order chi connectivity index (χ0) is 24.6. The number of nitrogens with zero attached hydrogens (tertiary/aromatic N) is 4. The highest BCUT2D eigenvalue weighted by atomic mass is 19.1. The summed E-state index contributed by atoms with van der Waals surface area (Å²) in [6.45, 7) is 2.93. The SMILES string of the molecule is CCOc1ccc(-c2cc(C(=O)NC34CCC(CC3)NC4)c(F)c(-c3cnc(N)c(F)n3)n2)cn1. The van der Waals surface area contributed by atoms with E-state index in [1.54, 1.807) is 12.1 Å². The molecular weight excluding hydrogens is 456 g/mol. The number of aromatic nitrogens is 4. The van der Waals surface area contributed by atoms with Crippen molar-refractivity contribution in [3.05, 3.63) is 47.9 Å². The quantitative estimate of drug-likeness (QED) is 0.490. The molecule has 6 rings (SSSR count). The van der Waals surface area contributed by atoms with E-state index < -0.39 is 29.0 Å². The number of carbonyl (C=O) groups excluding carboxylic acids is 1. The largest absolute Gasteiger partial charge is 0.478 e. The van der Waals surface area contributed by atoms with Crippen molar-refractivity contribution in [2.45, 2.75) is 44.2 Å². The van der Waals surface area contributed by atoms with Crippen LogP contribution in [0.2, 0.25) is 0 Å². The number of anilines is 1. The number of nitrogens with two attached hydrogens (primary N) is 1. The molecule has 182 valence electrons. The van der Waals surface area contributed by atoms with Crippen LogP contribution in [0.1, 0.15) is 43.0 Å². The van der Waals surface area contributed by atoms with E-state index in [9.17, 15) is 9.18 Å². The summed E-state index contributed by atoms with van der Waals surface area (Å²) in [5, 5.41) is 6.47. The van der Waals surface area contributed by atoms with Crippen molar-refractivity contribution >= 4 is 11.7 Å². The maximum atomic E-state index is 15.7. The van der Waals surface area contributed by atoms with Crippen LogP contribution in [0.25, 0.3) is 22.6 Å². The van der Waals surface area contributed by atoms with Gasteiger partial charge in [0.2, 0.25) is 5.88 Å². The summed E-state index contributed by atoms with van der Waals surface area (Å²) in [4.78, 5) is 29.3. The van der Waals surface area contributed by atoms with Crippen molar-refractivity contribution in [1.29, 1.82) is 0 Å². The molecule has 2 bridgehead atoms. The van der Waals surface area contributed by atoms with Gasteiger partial charge in [0.25, 0.3) is 11.9 Å².